The molecule has 0 saturated carbocycles. The zero-order chi connectivity index (χ0) is 15.8. The van der Waals surface area contributed by atoms with Crippen LogP contribution in [0, 0.1) is 11.3 Å². The van der Waals surface area contributed by atoms with Gasteiger partial charge in [0, 0.05) is 6.54 Å². The Bertz CT molecular complexity index is 639. The predicted octanol–water partition coefficient (Wildman–Crippen LogP) is 3.31. The molecule has 114 valence electrons. The molecule has 2 N–H and O–H groups in total. The van der Waals surface area contributed by atoms with Gasteiger partial charge < -0.3 is 10.4 Å². The molecule has 1 amide bonds. The van der Waals surface area contributed by atoms with Gasteiger partial charge in [0.1, 0.15) is 17.4 Å². The third-order valence-electron chi connectivity index (χ3n) is 3.66. The predicted molar refractivity (Wildman–Crippen MR) is 85.9 cm³/mol. The summed E-state index contributed by atoms with van der Waals surface area (Å²) in [5.41, 5.74) is 2.06. The number of amides is 1. The van der Waals surface area contributed by atoms with Gasteiger partial charge in [-0.3, -0.25) is 4.79 Å². The van der Waals surface area contributed by atoms with Crippen molar-refractivity contribution in [2.45, 2.75) is 32.1 Å². The highest BCUT2D eigenvalue weighted by molar-refractivity contribution is 6.01. The van der Waals surface area contributed by atoms with Crippen LogP contribution < -0.4 is 5.32 Å². The minimum absolute atomic E-state index is 0.0447. The maximum absolute atomic E-state index is 12.0. The largest absolute Gasteiger partial charge is 0.508 e. The molecule has 22 heavy (non-hydrogen) atoms. The van der Waals surface area contributed by atoms with Crippen LogP contribution in [0.3, 0.4) is 0 Å². The van der Waals surface area contributed by atoms with Gasteiger partial charge in [0.05, 0.1) is 0 Å². The molecule has 0 aromatic heterocycles. The lowest BCUT2D eigenvalue weighted by atomic mass is 9.97. The lowest BCUT2D eigenvalue weighted by molar-refractivity contribution is -0.117. The van der Waals surface area contributed by atoms with Crippen molar-refractivity contribution in [2.75, 3.05) is 6.54 Å². The second kappa shape index (κ2) is 8.04. The molecular weight excluding hydrogens is 276 g/mol. The molecule has 4 nitrogen and oxygen atoms in total. The van der Waals surface area contributed by atoms with E-state index in [1.165, 1.54) is 30.6 Å². The number of phenolic OH excluding ortho intramolecular Hbond substituents is 1. The molecule has 1 aromatic carbocycles. The van der Waals surface area contributed by atoms with E-state index in [0.29, 0.717) is 12.1 Å². The maximum Gasteiger partial charge on any atom is 0.261 e. The topological polar surface area (TPSA) is 73.1 Å². The SMILES string of the molecule is N#C/C(=C\c1cccc(O)c1)C(=O)NCCC1=CCCCC1. The summed E-state index contributed by atoms with van der Waals surface area (Å²) in [5, 5.41) is 21.3. The van der Waals surface area contributed by atoms with E-state index in [1.54, 1.807) is 18.2 Å². The minimum Gasteiger partial charge on any atom is -0.508 e. The first-order chi connectivity index (χ1) is 10.7. The number of allylic oxidation sites excluding steroid dienone is 1. The molecule has 0 radical (unpaired) electrons. The molecule has 0 saturated heterocycles. The molecule has 0 unspecified atom stereocenters. The summed E-state index contributed by atoms with van der Waals surface area (Å²) < 4.78 is 0. The average molecular weight is 296 g/mol. The fourth-order valence-corrected chi connectivity index (χ4v) is 2.49. The van der Waals surface area contributed by atoms with E-state index in [9.17, 15) is 9.90 Å². The number of nitriles is 1. The Kier molecular flexibility index (Phi) is 5.79. The van der Waals surface area contributed by atoms with Crippen LogP contribution in [0.15, 0.2) is 41.5 Å². The summed E-state index contributed by atoms with van der Waals surface area (Å²) >= 11 is 0. The average Bonchev–Trinajstić information content (AvgIpc) is 2.53. The van der Waals surface area contributed by atoms with Crippen molar-refractivity contribution >= 4 is 12.0 Å². The number of phenols is 1. The quantitative estimate of drug-likeness (QED) is 0.497. The summed E-state index contributed by atoms with van der Waals surface area (Å²) in [5.74, 6) is -0.266. The van der Waals surface area contributed by atoms with Gasteiger partial charge in [0.25, 0.3) is 5.91 Å². The van der Waals surface area contributed by atoms with Crippen LogP contribution in [0.25, 0.3) is 6.08 Å². The van der Waals surface area contributed by atoms with Crippen molar-refractivity contribution in [1.82, 2.24) is 5.32 Å². The zero-order valence-corrected chi connectivity index (χ0v) is 12.5. The number of hydrogen-bond donors (Lipinski definition) is 2. The van der Waals surface area contributed by atoms with Crippen LogP contribution in [0.2, 0.25) is 0 Å². The van der Waals surface area contributed by atoms with E-state index in [2.05, 4.69) is 11.4 Å². The minimum atomic E-state index is -0.373. The molecule has 0 atom stereocenters. The number of nitrogens with zero attached hydrogens (tertiary/aromatic N) is 1. The molecular formula is C18H20N2O2. The smallest absolute Gasteiger partial charge is 0.261 e. The molecule has 0 spiro atoms. The molecule has 0 heterocycles. The van der Waals surface area contributed by atoms with E-state index in [4.69, 9.17) is 5.26 Å². The first-order valence-electron chi connectivity index (χ1n) is 7.56. The van der Waals surface area contributed by atoms with Crippen molar-refractivity contribution in [2.24, 2.45) is 0 Å². The summed E-state index contributed by atoms with van der Waals surface area (Å²) in [4.78, 5) is 12.0. The van der Waals surface area contributed by atoms with E-state index >= 15 is 0 Å². The van der Waals surface area contributed by atoms with Gasteiger partial charge in [0.15, 0.2) is 0 Å². The molecule has 2 rings (SSSR count). The Hall–Kier alpha value is -2.54. The van der Waals surface area contributed by atoms with Gasteiger partial charge in [-0.15, -0.1) is 0 Å². The molecule has 1 aliphatic rings. The number of hydrogen-bond acceptors (Lipinski definition) is 3. The van der Waals surface area contributed by atoms with Gasteiger partial charge in [-0.25, -0.2) is 0 Å². The fraction of sp³-hybridized carbons (Fsp3) is 0.333. The molecule has 1 aromatic rings. The van der Waals surface area contributed by atoms with E-state index in [0.717, 1.165) is 19.3 Å². The first-order valence-corrected chi connectivity index (χ1v) is 7.56. The highest BCUT2D eigenvalue weighted by Crippen LogP contribution is 2.19. The zero-order valence-electron chi connectivity index (χ0n) is 12.5. The Balaban J connectivity index is 1.91. The van der Waals surface area contributed by atoms with Crippen LogP contribution in [-0.2, 0) is 4.79 Å². The molecule has 0 fully saturated rings. The van der Waals surface area contributed by atoms with Gasteiger partial charge in [-0.05, 0) is 55.9 Å². The summed E-state index contributed by atoms with van der Waals surface area (Å²) in [6.07, 6.45) is 9.29. The van der Waals surface area contributed by atoms with Crippen molar-refractivity contribution < 1.29 is 9.90 Å². The van der Waals surface area contributed by atoms with Gasteiger partial charge in [0.2, 0.25) is 0 Å². The Morgan fingerprint density at radius 2 is 2.27 bits per heavy atom. The molecule has 1 aliphatic carbocycles. The molecule has 0 aliphatic heterocycles. The van der Waals surface area contributed by atoms with E-state index in [-0.39, 0.29) is 17.2 Å². The summed E-state index contributed by atoms with van der Waals surface area (Å²) in [6, 6.07) is 8.37. The Morgan fingerprint density at radius 3 is 2.95 bits per heavy atom. The normalized spacial score (nSPS) is 14.9. The molecule has 4 heteroatoms. The number of nitrogens with one attached hydrogen (secondary N) is 1. The Labute approximate surface area is 130 Å². The van der Waals surface area contributed by atoms with E-state index < -0.39 is 0 Å². The number of carbonyl (C=O) groups excluding carboxylic acids is 1. The third kappa shape index (κ3) is 4.78. The third-order valence-corrected chi connectivity index (χ3v) is 3.66. The van der Waals surface area contributed by atoms with Crippen LogP contribution in [0.5, 0.6) is 5.75 Å². The van der Waals surface area contributed by atoms with Crippen LogP contribution >= 0.6 is 0 Å². The summed E-state index contributed by atoms with van der Waals surface area (Å²) in [6.45, 7) is 0.545. The van der Waals surface area contributed by atoms with Crippen molar-refractivity contribution in [1.29, 1.82) is 5.26 Å². The van der Waals surface area contributed by atoms with Crippen LogP contribution in [0.1, 0.15) is 37.7 Å². The van der Waals surface area contributed by atoms with E-state index in [1.807, 2.05) is 6.07 Å². The number of rotatable bonds is 5. The Morgan fingerprint density at radius 1 is 1.41 bits per heavy atom. The van der Waals surface area contributed by atoms with Crippen molar-refractivity contribution in [3.63, 3.8) is 0 Å². The van der Waals surface area contributed by atoms with Gasteiger partial charge in [-0.2, -0.15) is 5.26 Å². The highest BCUT2D eigenvalue weighted by atomic mass is 16.3. The second-order valence-corrected chi connectivity index (χ2v) is 5.38. The molecule has 0 bridgehead atoms. The standard InChI is InChI=1S/C18H20N2O2/c19-13-16(11-15-7-4-8-17(21)12-15)18(22)20-10-9-14-5-2-1-3-6-14/h4-5,7-8,11-12,21H,1-3,6,9-10H2,(H,20,22)/b16-11+. The van der Waals surface area contributed by atoms with Crippen molar-refractivity contribution in [3.8, 4) is 11.8 Å². The number of aromatic hydroxyl groups is 1. The van der Waals surface area contributed by atoms with Gasteiger partial charge >= 0.3 is 0 Å². The lowest BCUT2D eigenvalue weighted by Gasteiger charge is -2.12. The van der Waals surface area contributed by atoms with Crippen LogP contribution in [-0.4, -0.2) is 17.6 Å². The number of benzene rings is 1. The van der Waals surface area contributed by atoms with Crippen LogP contribution in [0.4, 0.5) is 0 Å². The lowest BCUT2D eigenvalue weighted by Crippen LogP contribution is -2.26. The fourth-order valence-electron chi connectivity index (χ4n) is 2.49. The second-order valence-electron chi connectivity index (χ2n) is 5.38. The van der Waals surface area contributed by atoms with Crippen molar-refractivity contribution in [3.05, 3.63) is 47.1 Å². The highest BCUT2D eigenvalue weighted by Gasteiger charge is 2.09. The first kappa shape index (κ1) is 15.8. The number of carbonyl (C=O) groups is 1. The maximum atomic E-state index is 12.0. The monoisotopic (exact) mass is 296 g/mol. The summed E-state index contributed by atoms with van der Waals surface area (Å²) in [7, 11) is 0. The van der Waals surface area contributed by atoms with Gasteiger partial charge in [-0.1, -0.05) is 23.8 Å².